The van der Waals surface area contributed by atoms with Crippen LogP contribution in [0.1, 0.15) is 31.9 Å². The van der Waals surface area contributed by atoms with Gasteiger partial charge in [0.2, 0.25) is 10.0 Å². The first-order chi connectivity index (χ1) is 11.1. The summed E-state index contributed by atoms with van der Waals surface area (Å²) >= 11 is 0. The van der Waals surface area contributed by atoms with E-state index in [-0.39, 0.29) is 22.6 Å². The molecular weight excluding hydrogens is 329 g/mol. The van der Waals surface area contributed by atoms with Crippen molar-refractivity contribution in [2.24, 2.45) is 0 Å². The average molecular weight is 351 g/mol. The minimum Gasteiger partial charge on any atom is -0.494 e. The monoisotopic (exact) mass is 351 g/mol. The second-order valence-corrected chi connectivity index (χ2v) is 8.33. The van der Waals surface area contributed by atoms with Gasteiger partial charge in [0, 0.05) is 6.54 Å². The number of rotatable bonds is 5. The Balaban J connectivity index is 2.11. The smallest absolute Gasteiger partial charge is 0.240 e. The molecule has 0 bridgehead atoms. The van der Waals surface area contributed by atoms with Gasteiger partial charge in [-0.1, -0.05) is 45.0 Å². The maximum absolute atomic E-state index is 13.7. The Morgan fingerprint density at radius 1 is 1.08 bits per heavy atom. The van der Waals surface area contributed by atoms with Crippen LogP contribution in [0.2, 0.25) is 0 Å². The topological polar surface area (TPSA) is 55.4 Å². The SMILES string of the molecule is COc1ccc(S(=O)(=O)NCc2ccc(C(C)(C)C)cc2)cc1F. The Labute approximate surface area is 142 Å². The van der Waals surface area contributed by atoms with Gasteiger partial charge in [0.15, 0.2) is 11.6 Å². The van der Waals surface area contributed by atoms with Gasteiger partial charge in [0.05, 0.1) is 12.0 Å². The van der Waals surface area contributed by atoms with Crippen molar-refractivity contribution in [3.63, 3.8) is 0 Å². The van der Waals surface area contributed by atoms with Crippen LogP contribution in [0.5, 0.6) is 5.75 Å². The molecule has 2 aromatic rings. The zero-order valence-electron chi connectivity index (χ0n) is 14.3. The van der Waals surface area contributed by atoms with Gasteiger partial charge in [0.25, 0.3) is 0 Å². The molecule has 6 heteroatoms. The van der Waals surface area contributed by atoms with Crippen molar-refractivity contribution in [2.45, 2.75) is 37.6 Å². The minimum absolute atomic E-state index is 0.00622. The molecule has 0 saturated carbocycles. The van der Waals surface area contributed by atoms with Crippen molar-refractivity contribution < 1.29 is 17.5 Å². The van der Waals surface area contributed by atoms with Crippen molar-refractivity contribution in [1.82, 2.24) is 4.72 Å². The van der Waals surface area contributed by atoms with Gasteiger partial charge in [0.1, 0.15) is 0 Å². The Bertz CT molecular complexity index is 809. The number of ether oxygens (including phenoxy) is 1. The predicted molar refractivity (Wildman–Crippen MR) is 92.1 cm³/mol. The molecular formula is C18H22FNO3S. The lowest BCUT2D eigenvalue weighted by molar-refractivity contribution is 0.385. The summed E-state index contributed by atoms with van der Waals surface area (Å²) in [7, 11) is -2.46. The largest absolute Gasteiger partial charge is 0.494 e. The van der Waals surface area contributed by atoms with Crippen LogP contribution in [-0.2, 0) is 22.0 Å². The van der Waals surface area contributed by atoms with Crippen LogP contribution in [0.3, 0.4) is 0 Å². The van der Waals surface area contributed by atoms with E-state index in [0.717, 1.165) is 11.6 Å². The zero-order chi connectivity index (χ0) is 18.0. The molecule has 4 nitrogen and oxygen atoms in total. The van der Waals surface area contributed by atoms with Gasteiger partial charge < -0.3 is 4.74 Å². The van der Waals surface area contributed by atoms with Crippen molar-refractivity contribution in [3.05, 3.63) is 59.4 Å². The van der Waals surface area contributed by atoms with Gasteiger partial charge in [-0.05, 0) is 34.7 Å². The molecule has 0 saturated heterocycles. The van der Waals surface area contributed by atoms with Gasteiger partial charge >= 0.3 is 0 Å². The fourth-order valence-electron chi connectivity index (χ4n) is 2.20. The molecule has 0 radical (unpaired) electrons. The first-order valence-electron chi connectivity index (χ1n) is 7.56. The lowest BCUT2D eigenvalue weighted by atomic mass is 9.87. The molecule has 0 aliphatic carbocycles. The van der Waals surface area contributed by atoms with Crippen LogP contribution >= 0.6 is 0 Å². The maximum atomic E-state index is 13.7. The van der Waals surface area contributed by atoms with Gasteiger partial charge in [-0.15, -0.1) is 0 Å². The quantitative estimate of drug-likeness (QED) is 0.895. The van der Waals surface area contributed by atoms with Crippen molar-refractivity contribution >= 4 is 10.0 Å². The number of sulfonamides is 1. The molecule has 130 valence electrons. The van der Waals surface area contributed by atoms with Gasteiger partial charge in [-0.2, -0.15) is 0 Å². The van der Waals surface area contributed by atoms with Crippen LogP contribution < -0.4 is 9.46 Å². The molecule has 0 aromatic heterocycles. The minimum atomic E-state index is -3.79. The van der Waals surface area contributed by atoms with Crippen molar-refractivity contribution in [2.75, 3.05) is 7.11 Å². The molecule has 24 heavy (non-hydrogen) atoms. The number of nitrogens with one attached hydrogen (secondary N) is 1. The van der Waals surface area contributed by atoms with E-state index in [2.05, 4.69) is 25.5 Å². The van der Waals surface area contributed by atoms with Gasteiger partial charge in [-0.25, -0.2) is 17.5 Å². The highest BCUT2D eigenvalue weighted by atomic mass is 32.2. The molecule has 0 aliphatic heterocycles. The molecule has 0 amide bonds. The second kappa shape index (κ2) is 6.91. The molecule has 2 rings (SSSR count). The Morgan fingerprint density at radius 3 is 2.21 bits per heavy atom. The second-order valence-electron chi connectivity index (χ2n) is 6.57. The van der Waals surface area contributed by atoms with E-state index >= 15 is 0 Å². The summed E-state index contributed by atoms with van der Waals surface area (Å²) in [6.07, 6.45) is 0. The Hall–Kier alpha value is -1.92. The van der Waals surface area contributed by atoms with Crippen LogP contribution in [0.25, 0.3) is 0 Å². The molecule has 1 N–H and O–H groups in total. The van der Waals surface area contributed by atoms with Crippen LogP contribution in [-0.4, -0.2) is 15.5 Å². The fourth-order valence-corrected chi connectivity index (χ4v) is 3.23. The lowest BCUT2D eigenvalue weighted by Crippen LogP contribution is -2.23. The zero-order valence-corrected chi connectivity index (χ0v) is 15.1. The number of benzene rings is 2. The van der Waals surface area contributed by atoms with Crippen molar-refractivity contribution in [3.8, 4) is 5.75 Å². The van der Waals surface area contributed by atoms with E-state index in [4.69, 9.17) is 4.74 Å². The summed E-state index contributed by atoms with van der Waals surface area (Å²) in [5.74, 6) is -0.707. The molecule has 0 aliphatic rings. The summed E-state index contributed by atoms with van der Waals surface area (Å²) in [6.45, 7) is 6.48. The number of halogens is 1. The van der Waals surface area contributed by atoms with E-state index < -0.39 is 15.8 Å². The summed E-state index contributed by atoms with van der Waals surface area (Å²) in [5, 5.41) is 0. The normalized spacial score (nSPS) is 12.2. The van der Waals surface area contributed by atoms with Crippen LogP contribution in [0, 0.1) is 5.82 Å². The number of hydrogen-bond donors (Lipinski definition) is 1. The highest BCUT2D eigenvalue weighted by Crippen LogP contribution is 2.23. The van der Waals surface area contributed by atoms with E-state index in [1.807, 2.05) is 24.3 Å². The van der Waals surface area contributed by atoms with Crippen molar-refractivity contribution in [1.29, 1.82) is 0 Å². The van der Waals surface area contributed by atoms with Crippen LogP contribution in [0.4, 0.5) is 4.39 Å². The summed E-state index contributed by atoms with van der Waals surface area (Å²) in [5.41, 5.74) is 2.05. The van der Waals surface area contributed by atoms with E-state index in [1.54, 1.807) is 0 Å². The Kier molecular flexibility index (Phi) is 5.30. The molecule has 0 unspecified atom stereocenters. The molecule has 0 spiro atoms. The third-order valence-corrected chi connectivity index (χ3v) is 5.12. The first kappa shape index (κ1) is 18.4. The maximum Gasteiger partial charge on any atom is 0.240 e. The van der Waals surface area contributed by atoms with Crippen LogP contribution in [0.15, 0.2) is 47.4 Å². The van der Waals surface area contributed by atoms with Gasteiger partial charge in [-0.3, -0.25) is 0 Å². The molecule has 0 fully saturated rings. The molecule has 2 aromatic carbocycles. The summed E-state index contributed by atoms with van der Waals surface area (Å²) < 4.78 is 45.5. The fraction of sp³-hybridized carbons (Fsp3) is 0.333. The van der Waals surface area contributed by atoms with E-state index in [0.29, 0.717) is 0 Å². The van der Waals surface area contributed by atoms with E-state index in [1.165, 1.54) is 24.8 Å². The number of methoxy groups -OCH3 is 1. The lowest BCUT2D eigenvalue weighted by Gasteiger charge is -2.19. The summed E-state index contributed by atoms with van der Waals surface area (Å²) in [6, 6.07) is 11.3. The number of hydrogen-bond acceptors (Lipinski definition) is 3. The van der Waals surface area contributed by atoms with E-state index in [9.17, 15) is 12.8 Å². The highest BCUT2D eigenvalue weighted by molar-refractivity contribution is 7.89. The average Bonchev–Trinajstić information content (AvgIpc) is 2.52. The molecule has 0 heterocycles. The standard InChI is InChI=1S/C18H22FNO3S/c1-18(2,3)14-7-5-13(6-8-14)12-20-24(21,22)15-9-10-17(23-4)16(19)11-15/h5-11,20H,12H2,1-4H3. The predicted octanol–water partition coefficient (Wildman–Crippen LogP) is 3.61. The third kappa shape index (κ3) is 4.33. The first-order valence-corrected chi connectivity index (χ1v) is 9.04. The summed E-state index contributed by atoms with van der Waals surface area (Å²) in [4.78, 5) is -0.132. The third-order valence-electron chi connectivity index (χ3n) is 3.72. The highest BCUT2D eigenvalue weighted by Gasteiger charge is 2.17. The molecule has 0 atom stereocenters. The Morgan fingerprint density at radius 2 is 1.71 bits per heavy atom.